The number of halogens is 1. The van der Waals surface area contributed by atoms with Gasteiger partial charge in [0.25, 0.3) is 5.91 Å². The van der Waals surface area contributed by atoms with Crippen LogP contribution in [0.4, 0.5) is 4.39 Å². The molecule has 0 bridgehead atoms. The normalized spacial score (nSPS) is 17.4. The lowest BCUT2D eigenvalue weighted by molar-refractivity contribution is -0.137. The predicted molar refractivity (Wildman–Crippen MR) is 79.8 cm³/mol. The van der Waals surface area contributed by atoms with Gasteiger partial charge in [-0.3, -0.25) is 9.59 Å². The highest BCUT2D eigenvalue weighted by Crippen LogP contribution is 2.23. The molecule has 6 nitrogen and oxygen atoms in total. The smallest absolute Gasteiger partial charge is 0.305 e. The second kappa shape index (κ2) is 6.20. The Labute approximate surface area is 132 Å². The Balaban J connectivity index is 1.81. The first-order valence-electron chi connectivity index (χ1n) is 7.38. The average Bonchev–Trinajstić information content (AvgIpc) is 3.16. The van der Waals surface area contributed by atoms with Crippen LogP contribution in [0.1, 0.15) is 29.6 Å². The quantitative estimate of drug-likeness (QED) is 0.937. The third-order valence-corrected chi connectivity index (χ3v) is 3.98. The monoisotopic (exact) mass is 317 g/mol. The lowest BCUT2D eigenvalue weighted by Crippen LogP contribution is -2.36. The van der Waals surface area contributed by atoms with E-state index in [4.69, 9.17) is 5.11 Å². The zero-order valence-electron chi connectivity index (χ0n) is 12.4. The van der Waals surface area contributed by atoms with Crippen LogP contribution >= 0.6 is 0 Å². The molecule has 1 aromatic carbocycles. The van der Waals surface area contributed by atoms with E-state index in [0.717, 1.165) is 6.42 Å². The molecular formula is C16H16FN3O3. The Morgan fingerprint density at radius 1 is 1.35 bits per heavy atom. The largest absolute Gasteiger partial charge is 0.481 e. The van der Waals surface area contributed by atoms with Crippen molar-refractivity contribution in [2.24, 2.45) is 0 Å². The number of para-hydroxylation sites is 1. The van der Waals surface area contributed by atoms with E-state index in [2.05, 4.69) is 5.10 Å². The number of nitrogens with zero attached hydrogens (tertiary/aromatic N) is 3. The van der Waals surface area contributed by atoms with Crippen molar-refractivity contribution in [3.8, 4) is 5.69 Å². The molecule has 1 aromatic heterocycles. The maximum absolute atomic E-state index is 13.8. The lowest BCUT2D eigenvalue weighted by atomic mass is 10.1. The van der Waals surface area contributed by atoms with Crippen LogP contribution in [0, 0.1) is 5.82 Å². The molecule has 1 amide bonds. The van der Waals surface area contributed by atoms with Gasteiger partial charge in [0, 0.05) is 18.8 Å². The Bertz CT molecular complexity index is 744. The van der Waals surface area contributed by atoms with Crippen LogP contribution in [0.15, 0.2) is 36.7 Å². The topological polar surface area (TPSA) is 75.4 Å². The molecule has 0 saturated carbocycles. The van der Waals surface area contributed by atoms with Crippen molar-refractivity contribution in [2.45, 2.75) is 25.3 Å². The van der Waals surface area contributed by atoms with Gasteiger partial charge in [-0.05, 0) is 25.0 Å². The molecule has 1 saturated heterocycles. The summed E-state index contributed by atoms with van der Waals surface area (Å²) in [6.07, 6.45) is 4.25. The highest BCUT2D eigenvalue weighted by molar-refractivity contribution is 5.94. The number of rotatable bonds is 4. The van der Waals surface area contributed by atoms with Crippen LogP contribution in [-0.2, 0) is 4.79 Å². The average molecular weight is 317 g/mol. The Hall–Kier alpha value is -2.70. The number of benzene rings is 1. The molecule has 2 aromatic rings. The lowest BCUT2D eigenvalue weighted by Gasteiger charge is -2.22. The van der Waals surface area contributed by atoms with Crippen molar-refractivity contribution in [2.75, 3.05) is 6.54 Å². The molecule has 23 heavy (non-hydrogen) atoms. The second-order valence-corrected chi connectivity index (χ2v) is 5.52. The van der Waals surface area contributed by atoms with E-state index in [1.165, 1.54) is 23.1 Å². The van der Waals surface area contributed by atoms with Crippen LogP contribution in [0.2, 0.25) is 0 Å². The van der Waals surface area contributed by atoms with Crippen LogP contribution in [0.25, 0.3) is 5.69 Å². The zero-order valence-corrected chi connectivity index (χ0v) is 12.4. The van der Waals surface area contributed by atoms with E-state index < -0.39 is 11.8 Å². The van der Waals surface area contributed by atoms with E-state index >= 15 is 0 Å². The van der Waals surface area contributed by atoms with Crippen molar-refractivity contribution in [1.82, 2.24) is 14.7 Å². The number of aromatic nitrogens is 2. The number of carbonyl (C=O) groups is 2. The Morgan fingerprint density at radius 2 is 2.13 bits per heavy atom. The number of carboxylic acid groups (broad SMARTS) is 1. The minimum atomic E-state index is -0.920. The van der Waals surface area contributed by atoms with Crippen LogP contribution < -0.4 is 0 Å². The summed E-state index contributed by atoms with van der Waals surface area (Å²) in [7, 11) is 0. The maximum Gasteiger partial charge on any atom is 0.305 e. The number of carboxylic acids is 1. The molecule has 1 atom stereocenters. The van der Waals surface area contributed by atoms with Gasteiger partial charge in [-0.25, -0.2) is 9.07 Å². The molecule has 1 aliphatic rings. The van der Waals surface area contributed by atoms with E-state index in [9.17, 15) is 14.0 Å². The van der Waals surface area contributed by atoms with Gasteiger partial charge in [-0.15, -0.1) is 0 Å². The molecule has 0 spiro atoms. The van der Waals surface area contributed by atoms with E-state index in [1.54, 1.807) is 23.1 Å². The van der Waals surface area contributed by atoms with Crippen molar-refractivity contribution in [3.63, 3.8) is 0 Å². The molecule has 1 unspecified atom stereocenters. The fraction of sp³-hybridized carbons (Fsp3) is 0.312. The van der Waals surface area contributed by atoms with Gasteiger partial charge in [-0.2, -0.15) is 5.10 Å². The maximum atomic E-state index is 13.8. The number of amides is 1. The third kappa shape index (κ3) is 3.08. The van der Waals surface area contributed by atoms with Crippen molar-refractivity contribution in [1.29, 1.82) is 0 Å². The third-order valence-electron chi connectivity index (χ3n) is 3.98. The van der Waals surface area contributed by atoms with E-state index in [1.807, 2.05) is 0 Å². The summed E-state index contributed by atoms with van der Waals surface area (Å²) in [4.78, 5) is 25.0. The molecule has 1 aliphatic heterocycles. The Kier molecular flexibility index (Phi) is 4.10. The summed E-state index contributed by atoms with van der Waals surface area (Å²) in [6.45, 7) is 0.529. The first-order chi connectivity index (χ1) is 11.1. The molecule has 7 heteroatoms. The molecule has 1 fully saturated rings. The predicted octanol–water partition coefficient (Wildman–Crippen LogP) is 2.09. The molecule has 2 heterocycles. The second-order valence-electron chi connectivity index (χ2n) is 5.52. The summed E-state index contributed by atoms with van der Waals surface area (Å²) >= 11 is 0. The van der Waals surface area contributed by atoms with Gasteiger partial charge >= 0.3 is 5.97 Å². The number of carbonyl (C=O) groups excluding carboxylic acids is 1. The fourth-order valence-corrected chi connectivity index (χ4v) is 2.89. The number of hydrogen-bond donors (Lipinski definition) is 1. The highest BCUT2D eigenvalue weighted by Gasteiger charge is 2.31. The van der Waals surface area contributed by atoms with Crippen LogP contribution in [0.5, 0.6) is 0 Å². The minimum absolute atomic E-state index is 0.0623. The summed E-state index contributed by atoms with van der Waals surface area (Å²) < 4.78 is 15.1. The Morgan fingerprint density at radius 3 is 2.87 bits per heavy atom. The van der Waals surface area contributed by atoms with Crippen molar-refractivity contribution >= 4 is 11.9 Å². The summed E-state index contributed by atoms with van der Waals surface area (Å²) in [6, 6.07) is 5.86. The van der Waals surface area contributed by atoms with Gasteiger partial charge in [-0.1, -0.05) is 12.1 Å². The van der Waals surface area contributed by atoms with E-state index in [0.29, 0.717) is 18.5 Å². The van der Waals surface area contributed by atoms with Gasteiger partial charge in [0.15, 0.2) is 0 Å². The molecule has 0 radical (unpaired) electrons. The van der Waals surface area contributed by atoms with Crippen LogP contribution in [-0.4, -0.2) is 44.3 Å². The van der Waals surface area contributed by atoms with Gasteiger partial charge < -0.3 is 10.0 Å². The fourth-order valence-electron chi connectivity index (χ4n) is 2.89. The first-order valence-corrected chi connectivity index (χ1v) is 7.38. The van der Waals surface area contributed by atoms with Gasteiger partial charge in [0.2, 0.25) is 0 Å². The van der Waals surface area contributed by atoms with Crippen molar-refractivity contribution < 1.29 is 19.1 Å². The summed E-state index contributed by atoms with van der Waals surface area (Å²) in [5.41, 5.74) is 0.584. The van der Waals surface area contributed by atoms with Crippen molar-refractivity contribution in [3.05, 3.63) is 48.0 Å². The van der Waals surface area contributed by atoms with Gasteiger partial charge in [0.05, 0.1) is 18.2 Å². The minimum Gasteiger partial charge on any atom is -0.481 e. The molecule has 3 rings (SSSR count). The number of hydrogen-bond acceptors (Lipinski definition) is 3. The standard InChI is InChI=1S/C16H16FN3O3/c17-13-5-1-2-6-14(13)20-10-11(9-18-20)16(23)19-7-3-4-12(19)8-15(21)22/h1-2,5-6,9-10,12H,3-4,7-8H2,(H,21,22). The van der Waals surface area contributed by atoms with Crippen LogP contribution in [0.3, 0.4) is 0 Å². The number of aliphatic carboxylic acids is 1. The molecule has 0 aliphatic carbocycles. The number of likely N-dealkylation sites (tertiary alicyclic amines) is 1. The summed E-state index contributed by atoms with van der Waals surface area (Å²) in [5.74, 6) is -1.62. The summed E-state index contributed by atoms with van der Waals surface area (Å²) in [5, 5.41) is 13.0. The highest BCUT2D eigenvalue weighted by atomic mass is 19.1. The molecule has 120 valence electrons. The molecular weight excluding hydrogens is 301 g/mol. The zero-order chi connectivity index (χ0) is 16.4. The van der Waals surface area contributed by atoms with E-state index in [-0.39, 0.29) is 24.1 Å². The SMILES string of the molecule is O=C(O)CC1CCCN1C(=O)c1cnn(-c2ccccc2F)c1. The molecule has 1 N–H and O–H groups in total. The van der Waals surface area contributed by atoms with Gasteiger partial charge in [0.1, 0.15) is 11.5 Å². The first kappa shape index (κ1) is 15.2.